The number of halogens is 3. The minimum Gasteiger partial charge on any atom is -0.495 e. The first-order valence-electron chi connectivity index (χ1n) is 4.33. The second-order valence-corrected chi connectivity index (χ2v) is 3.19. The number of nitrogen functional groups attached to an aromatic ring is 1. The van der Waals surface area contributed by atoms with Gasteiger partial charge in [0.05, 0.1) is 18.4 Å². The number of ketones is 1. The fourth-order valence-electron chi connectivity index (χ4n) is 1.25. The van der Waals surface area contributed by atoms with Crippen LogP contribution in [0, 0.1) is 0 Å². The molecule has 0 amide bonds. The number of rotatable bonds is 2. The maximum Gasteiger partial charge on any atom is 0.416 e. The van der Waals surface area contributed by atoms with Crippen LogP contribution in [0.1, 0.15) is 22.8 Å². The Labute approximate surface area is 90.0 Å². The second-order valence-electron chi connectivity index (χ2n) is 3.19. The quantitative estimate of drug-likeness (QED) is 0.630. The van der Waals surface area contributed by atoms with Crippen molar-refractivity contribution in [1.82, 2.24) is 0 Å². The summed E-state index contributed by atoms with van der Waals surface area (Å²) >= 11 is 0. The Morgan fingerprint density at radius 1 is 1.38 bits per heavy atom. The normalized spacial score (nSPS) is 11.3. The molecule has 0 aliphatic rings. The van der Waals surface area contributed by atoms with Crippen LogP contribution in [0.2, 0.25) is 0 Å². The van der Waals surface area contributed by atoms with Gasteiger partial charge >= 0.3 is 6.18 Å². The van der Waals surface area contributed by atoms with Gasteiger partial charge in [0.1, 0.15) is 5.75 Å². The number of carbonyl (C=O) groups excluding carboxylic acids is 1. The van der Waals surface area contributed by atoms with Crippen molar-refractivity contribution >= 4 is 11.5 Å². The van der Waals surface area contributed by atoms with Gasteiger partial charge in [-0.3, -0.25) is 4.79 Å². The molecule has 0 bridgehead atoms. The first-order chi connectivity index (χ1) is 7.27. The molecule has 16 heavy (non-hydrogen) atoms. The van der Waals surface area contributed by atoms with E-state index in [0.717, 1.165) is 19.1 Å². The minimum atomic E-state index is -4.54. The summed E-state index contributed by atoms with van der Waals surface area (Å²) in [6.45, 7) is 1.14. The number of Topliss-reactive ketones (excluding diaryl/α,β-unsaturated/α-hetero) is 1. The summed E-state index contributed by atoms with van der Waals surface area (Å²) in [5.41, 5.74) is 4.27. The van der Waals surface area contributed by atoms with Crippen LogP contribution in [-0.4, -0.2) is 12.9 Å². The van der Waals surface area contributed by atoms with Crippen LogP contribution in [-0.2, 0) is 6.18 Å². The van der Waals surface area contributed by atoms with E-state index in [1.807, 2.05) is 0 Å². The lowest BCUT2D eigenvalue weighted by atomic mass is 10.0. The van der Waals surface area contributed by atoms with Crippen LogP contribution >= 0.6 is 0 Å². The topological polar surface area (TPSA) is 52.3 Å². The number of anilines is 1. The molecule has 0 unspecified atom stereocenters. The molecule has 3 nitrogen and oxygen atoms in total. The lowest BCUT2D eigenvalue weighted by Gasteiger charge is -2.13. The van der Waals surface area contributed by atoms with Crippen molar-refractivity contribution in [2.24, 2.45) is 0 Å². The maximum absolute atomic E-state index is 12.5. The zero-order valence-electron chi connectivity index (χ0n) is 8.68. The highest BCUT2D eigenvalue weighted by molar-refractivity contribution is 6.00. The number of carbonyl (C=O) groups is 1. The SMILES string of the molecule is COc1cc(C(F)(F)F)cc(C(C)=O)c1N. The third-order valence-electron chi connectivity index (χ3n) is 2.07. The molecule has 0 heterocycles. The Kier molecular flexibility index (Phi) is 3.11. The van der Waals surface area contributed by atoms with E-state index in [1.54, 1.807) is 0 Å². The van der Waals surface area contributed by atoms with Gasteiger partial charge in [-0.2, -0.15) is 13.2 Å². The number of methoxy groups -OCH3 is 1. The number of alkyl halides is 3. The second kappa shape index (κ2) is 4.03. The molecule has 0 aliphatic heterocycles. The number of benzene rings is 1. The van der Waals surface area contributed by atoms with Crippen LogP contribution in [0.15, 0.2) is 12.1 Å². The number of hydrogen-bond donors (Lipinski definition) is 1. The van der Waals surface area contributed by atoms with E-state index in [-0.39, 0.29) is 17.0 Å². The van der Waals surface area contributed by atoms with Gasteiger partial charge in [0, 0.05) is 5.56 Å². The van der Waals surface area contributed by atoms with Gasteiger partial charge in [0.15, 0.2) is 5.78 Å². The molecule has 1 rings (SSSR count). The van der Waals surface area contributed by atoms with Crippen molar-refractivity contribution in [3.63, 3.8) is 0 Å². The van der Waals surface area contributed by atoms with Gasteiger partial charge in [0.2, 0.25) is 0 Å². The highest BCUT2D eigenvalue weighted by Gasteiger charge is 2.32. The molecule has 0 aromatic heterocycles. The van der Waals surface area contributed by atoms with Crippen molar-refractivity contribution in [3.8, 4) is 5.75 Å². The number of ether oxygens (including phenoxy) is 1. The summed E-state index contributed by atoms with van der Waals surface area (Å²) in [4.78, 5) is 11.1. The fourth-order valence-corrected chi connectivity index (χ4v) is 1.25. The zero-order chi connectivity index (χ0) is 12.5. The van der Waals surface area contributed by atoms with Gasteiger partial charge in [0.25, 0.3) is 0 Å². The monoisotopic (exact) mass is 233 g/mol. The largest absolute Gasteiger partial charge is 0.495 e. The van der Waals surface area contributed by atoms with E-state index >= 15 is 0 Å². The summed E-state index contributed by atoms with van der Waals surface area (Å²) < 4.78 is 42.1. The van der Waals surface area contributed by atoms with Crippen LogP contribution < -0.4 is 10.5 Å². The molecule has 0 fully saturated rings. The highest BCUT2D eigenvalue weighted by atomic mass is 19.4. The average Bonchev–Trinajstić information content (AvgIpc) is 2.15. The molecule has 0 spiro atoms. The summed E-state index contributed by atoms with van der Waals surface area (Å²) in [6, 6.07) is 1.49. The average molecular weight is 233 g/mol. The Balaban J connectivity index is 3.46. The van der Waals surface area contributed by atoms with Crippen molar-refractivity contribution in [3.05, 3.63) is 23.3 Å². The molecule has 0 atom stereocenters. The number of nitrogens with two attached hydrogens (primary N) is 1. The fraction of sp³-hybridized carbons (Fsp3) is 0.300. The Morgan fingerprint density at radius 3 is 2.31 bits per heavy atom. The molecular weight excluding hydrogens is 223 g/mol. The van der Waals surface area contributed by atoms with E-state index in [2.05, 4.69) is 0 Å². The lowest BCUT2D eigenvalue weighted by Crippen LogP contribution is -2.10. The van der Waals surface area contributed by atoms with Gasteiger partial charge in [-0.25, -0.2) is 0 Å². The molecule has 0 aliphatic carbocycles. The first kappa shape index (κ1) is 12.4. The molecule has 0 saturated heterocycles. The maximum atomic E-state index is 12.5. The van der Waals surface area contributed by atoms with Crippen LogP contribution in [0.25, 0.3) is 0 Å². The molecule has 0 saturated carbocycles. The van der Waals surface area contributed by atoms with Crippen molar-refractivity contribution in [2.75, 3.05) is 12.8 Å². The standard InChI is InChI=1S/C10H10F3NO2/c1-5(15)7-3-6(10(11,12)13)4-8(16-2)9(7)14/h3-4H,14H2,1-2H3. The number of hydrogen-bond acceptors (Lipinski definition) is 3. The van der Waals surface area contributed by atoms with E-state index in [9.17, 15) is 18.0 Å². The molecular formula is C10H10F3NO2. The predicted octanol–water partition coefficient (Wildman–Crippen LogP) is 2.50. The van der Waals surface area contributed by atoms with Crippen LogP contribution in [0.4, 0.5) is 18.9 Å². The van der Waals surface area contributed by atoms with Crippen LogP contribution in [0.5, 0.6) is 5.75 Å². The Morgan fingerprint density at radius 2 is 1.94 bits per heavy atom. The van der Waals surface area contributed by atoms with E-state index < -0.39 is 17.5 Å². The van der Waals surface area contributed by atoms with Crippen molar-refractivity contribution in [1.29, 1.82) is 0 Å². The Hall–Kier alpha value is -1.72. The summed E-state index contributed by atoms with van der Waals surface area (Å²) in [5, 5.41) is 0. The molecule has 88 valence electrons. The molecule has 6 heteroatoms. The highest BCUT2D eigenvalue weighted by Crippen LogP contribution is 2.36. The smallest absolute Gasteiger partial charge is 0.416 e. The van der Waals surface area contributed by atoms with Gasteiger partial charge < -0.3 is 10.5 Å². The summed E-state index contributed by atoms with van der Waals surface area (Å²) in [6.07, 6.45) is -4.54. The lowest BCUT2D eigenvalue weighted by molar-refractivity contribution is -0.137. The third-order valence-corrected chi connectivity index (χ3v) is 2.07. The molecule has 2 N–H and O–H groups in total. The van der Waals surface area contributed by atoms with Gasteiger partial charge in [-0.15, -0.1) is 0 Å². The van der Waals surface area contributed by atoms with E-state index in [4.69, 9.17) is 10.5 Å². The van der Waals surface area contributed by atoms with Crippen molar-refractivity contribution in [2.45, 2.75) is 13.1 Å². The first-order valence-corrected chi connectivity index (χ1v) is 4.33. The molecule has 0 radical (unpaired) electrons. The summed E-state index contributed by atoms with van der Waals surface area (Å²) in [5.74, 6) is -0.693. The zero-order valence-corrected chi connectivity index (χ0v) is 8.68. The molecule has 1 aromatic rings. The van der Waals surface area contributed by atoms with Gasteiger partial charge in [-0.1, -0.05) is 0 Å². The van der Waals surface area contributed by atoms with Crippen LogP contribution in [0.3, 0.4) is 0 Å². The Bertz CT molecular complexity index is 427. The minimum absolute atomic E-state index is 0.0806. The molecule has 1 aromatic carbocycles. The van der Waals surface area contributed by atoms with Gasteiger partial charge in [-0.05, 0) is 19.1 Å². The van der Waals surface area contributed by atoms with Crippen molar-refractivity contribution < 1.29 is 22.7 Å². The van der Waals surface area contributed by atoms with E-state index in [0.29, 0.717) is 0 Å². The van der Waals surface area contributed by atoms with E-state index in [1.165, 1.54) is 7.11 Å². The predicted molar refractivity (Wildman–Crippen MR) is 52.4 cm³/mol. The summed E-state index contributed by atoms with van der Waals surface area (Å²) in [7, 11) is 1.19. The third kappa shape index (κ3) is 2.26.